The van der Waals surface area contributed by atoms with Crippen molar-refractivity contribution in [3.63, 3.8) is 0 Å². The van der Waals surface area contributed by atoms with E-state index in [1.165, 1.54) is 28.1 Å². The van der Waals surface area contributed by atoms with Crippen LogP contribution in [0.4, 0.5) is 5.69 Å². The molecule has 0 atom stereocenters. The predicted octanol–water partition coefficient (Wildman–Crippen LogP) is 4.62. The van der Waals surface area contributed by atoms with E-state index >= 15 is 0 Å². The molecule has 3 rings (SSSR count). The van der Waals surface area contributed by atoms with Crippen molar-refractivity contribution in [1.82, 2.24) is 0 Å². The van der Waals surface area contributed by atoms with E-state index in [1.807, 2.05) is 0 Å². The normalized spacial score (nSPS) is 18.5. The molecule has 0 amide bonds. The molecule has 0 fully saturated rings. The lowest BCUT2D eigenvalue weighted by molar-refractivity contribution is 0.750. The van der Waals surface area contributed by atoms with Gasteiger partial charge in [0.2, 0.25) is 0 Å². The van der Waals surface area contributed by atoms with Crippen LogP contribution in [0.2, 0.25) is 0 Å². The van der Waals surface area contributed by atoms with Gasteiger partial charge in [0.05, 0.1) is 0 Å². The number of fused-ring (bicyclic) bond motifs is 1. The first kappa shape index (κ1) is 12.3. The molecule has 1 nitrogen and oxygen atoms in total. The monoisotopic (exact) mass is 251 g/mol. The smallest absolute Gasteiger partial charge is 0.0449 e. The number of benzene rings is 1. The lowest BCUT2D eigenvalue weighted by Gasteiger charge is -2.32. The highest BCUT2D eigenvalue weighted by Crippen LogP contribution is 2.38. The van der Waals surface area contributed by atoms with Gasteiger partial charge >= 0.3 is 0 Å². The van der Waals surface area contributed by atoms with Crippen LogP contribution in [-0.4, -0.2) is 6.04 Å². The topological polar surface area (TPSA) is 3.24 Å². The summed E-state index contributed by atoms with van der Waals surface area (Å²) in [6.07, 6.45) is 7.89. The molecule has 0 aromatic heterocycles. The second-order valence-corrected chi connectivity index (χ2v) is 5.66. The van der Waals surface area contributed by atoms with Crippen molar-refractivity contribution in [2.75, 3.05) is 4.90 Å². The average Bonchev–Trinajstić information content (AvgIpc) is 2.53. The van der Waals surface area contributed by atoms with Gasteiger partial charge in [0, 0.05) is 17.4 Å². The van der Waals surface area contributed by atoms with Crippen LogP contribution in [0.3, 0.4) is 0 Å². The highest BCUT2D eigenvalue weighted by Gasteiger charge is 2.25. The van der Waals surface area contributed by atoms with E-state index in [-0.39, 0.29) is 0 Å². The number of allylic oxidation sites excluding steroid dienone is 4. The summed E-state index contributed by atoms with van der Waals surface area (Å²) >= 11 is 0. The van der Waals surface area contributed by atoms with Crippen molar-refractivity contribution >= 4 is 5.69 Å². The Morgan fingerprint density at radius 1 is 1.21 bits per heavy atom. The maximum Gasteiger partial charge on any atom is 0.0449 e. The summed E-state index contributed by atoms with van der Waals surface area (Å²) in [6.45, 7) is 8.88. The number of rotatable bonds is 1. The van der Waals surface area contributed by atoms with Gasteiger partial charge in [-0.05, 0) is 55.9 Å². The van der Waals surface area contributed by atoms with Crippen molar-refractivity contribution < 1.29 is 0 Å². The van der Waals surface area contributed by atoms with Crippen LogP contribution in [0, 0.1) is 0 Å². The number of anilines is 1. The first-order chi connectivity index (χ1) is 9.18. The minimum Gasteiger partial charge on any atom is -0.339 e. The van der Waals surface area contributed by atoms with E-state index in [1.54, 1.807) is 0 Å². The average molecular weight is 251 g/mol. The summed E-state index contributed by atoms with van der Waals surface area (Å²) in [5, 5.41) is 0. The second-order valence-electron chi connectivity index (χ2n) is 5.66. The van der Waals surface area contributed by atoms with Crippen LogP contribution in [0.5, 0.6) is 0 Å². The molecule has 0 spiro atoms. The molecule has 0 radical (unpaired) electrons. The van der Waals surface area contributed by atoms with Crippen molar-refractivity contribution in [2.45, 2.75) is 39.2 Å². The van der Waals surface area contributed by atoms with Crippen LogP contribution >= 0.6 is 0 Å². The minimum atomic E-state index is 0.436. The van der Waals surface area contributed by atoms with Crippen LogP contribution in [0.15, 0.2) is 59.8 Å². The quantitative estimate of drug-likeness (QED) is 0.704. The van der Waals surface area contributed by atoms with Crippen molar-refractivity contribution in [3.05, 3.63) is 65.4 Å². The van der Waals surface area contributed by atoms with Crippen LogP contribution in [0.1, 0.15) is 32.3 Å². The maximum absolute atomic E-state index is 4.39. The molecule has 1 heterocycles. The predicted molar refractivity (Wildman–Crippen MR) is 82.3 cm³/mol. The van der Waals surface area contributed by atoms with E-state index in [4.69, 9.17) is 0 Å². The third kappa shape index (κ3) is 2.03. The Hall–Kier alpha value is -1.76. The first-order valence-electron chi connectivity index (χ1n) is 7.13. The molecule has 2 aliphatic rings. The van der Waals surface area contributed by atoms with Gasteiger partial charge in [-0.15, -0.1) is 0 Å². The Morgan fingerprint density at radius 2 is 2.00 bits per heavy atom. The molecule has 0 saturated carbocycles. The van der Waals surface area contributed by atoms with E-state index in [0.717, 1.165) is 19.3 Å². The Labute approximate surface area is 115 Å². The number of para-hydroxylation sites is 1. The Balaban J connectivity index is 2.18. The molecule has 1 aromatic carbocycles. The van der Waals surface area contributed by atoms with Gasteiger partial charge in [-0.25, -0.2) is 0 Å². The van der Waals surface area contributed by atoms with Crippen molar-refractivity contribution in [2.24, 2.45) is 0 Å². The molecular weight excluding hydrogens is 230 g/mol. The number of hydrogen-bond donors (Lipinski definition) is 0. The molecule has 0 bridgehead atoms. The van der Waals surface area contributed by atoms with Crippen LogP contribution in [-0.2, 0) is 6.42 Å². The van der Waals surface area contributed by atoms with E-state index in [2.05, 4.69) is 61.7 Å². The van der Waals surface area contributed by atoms with E-state index in [9.17, 15) is 0 Å². The van der Waals surface area contributed by atoms with E-state index < -0.39 is 0 Å². The van der Waals surface area contributed by atoms with Gasteiger partial charge in [0.25, 0.3) is 0 Å². The number of nitrogens with zero attached hydrogens (tertiary/aromatic N) is 1. The molecule has 0 N–H and O–H groups in total. The molecular formula is C18H21N. The van der Waals surface area contributed by atoms with Gasteiger partial charge in [0.1, 0.15) is 0 Å². The summed E-state index contributed by atoms with van der Waals surface area (Å²) < 4.78 is 0. The summed E-state index contributed by atoms with van der Waals surface area (Å²) in [6, 6.07) is 9.17. The highest BCUT2D eigenvalue weighted by atomic mass is 15.2. The summed E-state index contributed by atoms with van der Waals surface area (Å²) in [4.78, 5) is 2.40. The summed E-state index contributed by atoms with van der Waals surface area (Å²) in [5.74, 6) is 0. The third-order valence-electron chi connectivity index (χ3n) is 4.06. The molecule has 0 unspecified atom stereocenters. The second kappa shape index (κ2) is 4.73. The van der Waals surface area contributed by atoms with Gasteiger partial charge in [-0.2, -0.15) is 0 Å². The van der Waals surface area contributed by atoms with Crippen molar-refractivity contribution in [1.29, 1.82) is 0 Å². The standard InChI is InChI=1S/C18H21N/c1-13(2)19-14(3)17-10-6-4-8-15(17)12-16-9-5-7-11-18(16)19/h4-5,7-9,11,13H,3,6,10,12H2,1-2H3. The fourth-order valence-electron chi connectivity index (χ4n) is 3.19. The van der Waals surface area contributed by atoms with Crippen molar-refractivity contribution in [3.8, 4) is 0 Å². The Morgan fingerprint density at radius 3 is 2.79 bits per heavy atom. The number of hydrogen-bond acceptors (Lipinski definition) is 1. The van der Waals surface area contributed by atoms with Gasteiger partial charge in [-0.1, -0.05) is 36.9 Å². The van der Waals surface area contributed by atoms with Gasteiger partial charge in [0.15, 0.2) is 0 Å². The molecule has 1 aliphatic heterocycles. The molecule has 1 aromatic rings. The first-order valence-corrected chi connectivity index (χ1v) is 7.13. The largest absolute Gasteiger partial charge is 0.339 e. The van der Waals surface area contributed by atoms with Gasteiger partial charge in [-0.3, -0.25) is 0 Å². The molecule has 0 saturated heterocycles. The molecule has 19 heavy (non-hydrogen) atoms. The summed E-state index contributed by atoms with van der Waals surface area (Å²) in [5.41, 5.74) is 6.83. The fourth-order valence-corrected chi connectivity index (χ4v) is 3.19. The molecule has 98 valence electrons. The zero-order valence-electron chi connectivity index (χ0n) is 11.8. The lowest BCUT2D eigenvalue weighted by atomic mass is 9.92. The zero-order chi connectivity index (χ0) is 13.4. The Kier molecular flexibility index (Phi) is 3.06. The third-order valence-corrected chi connectivity index (χ3v) is 4.06. The minimum absolute atomic E-state index is 0.436. The Bertz CT molecular complexity index is 575. The lowest BCUT2D eigenvalue weighted by Crippen LogP contribution is -2.30. The zero-order valence-corrected chi connectivity index (χ0v) is 11.8. The van der Waals surface area contributed by atoms with Gasteiger partial charge < -0.3 is 4.90 Å². The fraction of sp³-hybridized carbons (Fsp3) is 0.333. The molecule has 1 heteroatoms. The maximum atomic E-state index is 4.39. The highest BCUT2D eigenvalue weighted by molar-refractivity contribution is 5.66. The SMILES string of the molecule is C=C1C2=C(C=CCC2)Cc2ccccc2N1C(C)C. The molecule has 1 aliphatic carbocycles. The van der Waals surface area contributed by atoms with E-state index in [0.29, 0.717) is 6.04 Å². The van der Waals surface area contributed by atoms with Crippen LogP contribution in [0.25, 0.3) is 0 Å². The van der Waals surface area contributed by atoms with Crippen LogP contribution < -0.4 is 4.90 Å². The summed E-state index contributed by atoms with van der Waals surface area (Å²) in [7, 11) is 0.